The number of rotatable bonds is 5. The van der Waals surface area contributed by atoms with Gasteiger partial charge in [0.25, 0.3) is 5.91 Å². The first-order valence-electron chi connectivity index (χ1n) is 8.37. The van der Waals surface area contributed by atoms with Gasteiger partial charge in [0.1, 0.15) is 0 Å². The van der Waals surface area contributed by atoms with Gasteiger partial charge in [-0.1, -0.05) is 30.3 Å². The summed E-state index contributed by atoms with van der Waals surface area (Å²) in [5, 5.41) is 2.91. The molecular formula is C19H22FN3O. The molecule has 0 radical (unpaired) electrons. The van der Waals surface area contributed by atoms with E-state index in [0.29, 0.717) is 18.0 Å². The van der Waals surface area contributed by atoms with Gasteiger partial charge in [-0.3, -0.25) is 9.69 Å². The van der Waals surface area contributed by atoms with Crippen molar-refractivity contribution in [3.05, 3.63) is 65.7 Å². The minimum atomic E-state index is -0.628. The Labute approximate surface area is 141 Å². The molecule has 0 aliphatic carbocycles. The van der Waals surface area contributed by atoms with Crippen LogP contribution in [-0.4, -0.2) is 35.4 Å². The van der Waals surface area contributed by atoms with E-state index in [0.717, 1.165) is 38.5 Å². The Bertz CT molecular complexity index is 669. The van der Waals surface area contributed by atoms with E-state index in [4.69, 9.17) is 0 Å². The maximum Gasteiger partial charge on any atom is 0.251 e. The number of aromatic nitrogens is 1. The third-order valence-electron chi connectivity index (χ3n) is 4.50. The SMILES string of the molecule is O=C(NCC1CCN(Cc2ccccc2)CC1)c1ccnc(F)c1. The molecule has 1 saturated heterocycles. The van der Waals surface area contributed by atoms with Gasteiger partial charge in [-0.2, -0.15) is 4.39 Å². The lowest BCUT2D eigenvalue weighted by Gasteiger charge is -2.32. The molecule has 1 aliphatic rings. The molecule has 0 spiro atoms. The molecule has 3 rings (SSSR count). The van der Waals surface area contributed by atoms with Crippen molar-refractivity contribution in [3.8, 4) is 0 Å². The second kappa shape index (κ2) is 8.02. The lowest BCUT2D eigenvalue weighted by atomic mass is 9.96. The lowest BCUT2D eigenvalue weighted by molar-refractivity contribution is 0.0934. The van der Waals surface area contributed by atoms with Crippen LogP contribution in [0.25, 0.3) is 0 Å². The molecule has 24 heavy (non-hydrogen) atoms. The van der Waals surface area contributed by atoms with Crippen molar-refractivity contribution >= 4 is 5.91 Å². The summed E-state index contributed by atoms with van der Waals surface area (Å²) in [7, 11) is 0. The van der Waals surface area contributed by atoms with Gasteiger partial charge < -0.3 is 5.32 Å². The van der Waals surface area contributed by atoms with Crippen molar-refractivity contribution in [1.29, 1.82) is 0 Å². The molecule has 1 aromatic carbocycles. The quantitative estimate of drug-likeness (QED) is 0.859. The molecule has 126 valence electrons. The van der Waals surface area contributed by atoms with E-state index >= 15 is 0 Å². The summed E-state index contributed by atoms with van der Waals surface area (Å²) < 4.78 is 13.0. The highest BCUT2D eigenvalue weighted by molar-refractivity contribution is 5.93. The predicted octanol–water partition coefficient (Wildman–Crippen LogP) is 2.86. The Morgan fingerprint density at radius 3 is 2.67 bits per heavy atom. The number of pyridine rings is 1. The van der Waals surface area contributed by atoms with Crippen LogP contribution >= 0.6 is 0 Å². The fraction of sp³-hybridized carbons (Fsp3) is 0.368. The fourth-order valence-corrected chi connectivity index (χ4v) is 3.07. The van der Waals surface area contributed by atoms with Gasteiger partial charge >= 0.3 is 0 Å². The first-order valence-corrected chi connectivity index (χ1v) is 8.37. The number of likely N-dealkylation sites (tertiary alicyclic amines) is 1. The smallest absolute Gasteiger partial charge is 0.251 e. The number of hydrogen-bond acceptors (Lipinski definition) is 3. The monoisotopic (exact) mass is 327 g/mol. The van der Waals surface area contributed by atoms with Crippen LogP contribution in [-0.2, 0) is 6.54 Å². The highest BCUT2D eigenvalue weighted by Crippen LogP contribution is 2.18. The second-order valence-corrected chi connectivity index (χ2v) is 6.28. The summed E-state index contributed by atoms with van der Waals surface area (Å²) in [6.45, 7) is 3.71. The summed E-state index contributed by atoms with van der Waals surface area (Å²) in [6, 6.07) is 13.2. The number of hydrogen-bond donors (Lipinski definition) is 1. The molecule has 1 amide bonds. The molecule has 1 N–H and O–H groups in total. The Morgan fingerprint density at radius 1 is 1.21 bits per heavy atom. The maximum absolute atomic E-state index is 13.0. The molecule has 1 aliphatic heterocycles. The van der Waals surface area contributed by atoms with Gasteiger partial charge in [-0.15, -0.1) is 0 Å². The molecular weight excluding hydrogens is 305 g/mol. The topological polar surface area (TPSA) is 45.2 Å². The third-order valence-corrected chi connectivity index (χ3v) is 4.50. The zero-order valence-corrected chi connectivity index (χ0v) is 13.6. The highest BCUT2D eigenvalue weighted by atomic mass is 19.1. The first-order chi connectivity index (χ1) is 11.7. The van der Waals surface area contributed by atoms with Gasteiger partial charge in [0, 0.05) is 30.9 Å². The molecule has 0 unspecified atom stereocenters. The van der Waals surface area contributed by atoms with E-state index in [1.807, 2.05) is 6.07 Å². The maximum atomic E-state index is 13.0. The number of carbonyl (C=O) groups is 1. The fourth-order valence-electron chi connectivity index (χ4n) is 3.07. The van der Waals surface area contributed by atoms with Gasteiger partial charge in [-0.05, 0) is 43.5 Å². The molecule has 2 heterocycles. The first kappa shape index (κ1) is 16.6. The largest absolute Gasteiger partial charge is 0.352 e. The average molecular weight is 327 g/mol. The van der Waals surface area contributed by atoms with Gasteiger partial charge in [0.2, 0.25) is 5.95 Å². The van der Waals surface area contributed by atoms with E-state index in [1.54, 1.807) is 0 Å². The standard InChI is InChI=1S/C19H22FN3O/c20-18-12-17(6-9-21-18)19(24)22-13-15-7-10-23(11-8-15)14-16-4-2-1-3-5-16/h1-6,9,12,15H,7-8,10-11,13-14H2,(H,22,24). The van der Waals surface area contributed by atoms with Crippen molar-refractivity contribution in [1.82, 2.24) is 15.2 Å². The van der Waals surface area contributed by atoms with E-state index in [9.17, 15) is 9.18 Å². The number of amides is 1. The van der Waals surface area contributed by atoms with Crippen LogP contribution in [0.15, 0.2) is 48.7 Å². The van der Waals surface area contributed by atoms with Crippen molar-refractivity contribution in [2.45, 2.75) is 19.4 Å². The summed E-state index contributed by atoms with van der Waals surface area (Å²) >= 11 is 0. The van der Waals surface area contributed by atoms with E-state index in [-0.39, 0.29) is 5.91 Å². The third kappa shape index (κ3) is 4.61. The van der Waals surface area contributed by atoms with Crippen LogP contribution in [0.4, 0.5) is 4.39 Å². The Kier molecular flexibility index (Phi) is 5.54. The van der Waals surface area contributed by atoms with E-state index in [1.165, 1.54) is 17.8 Å². The number of nitrogens with one attached hydrogen (secondary N) is 1. The number of nitrogens with zero attached hydrogens (tertiary/aromatic N) is 2. The molecule has 2 aromatic rings. The molecule has 1 fully saturated rings. The van der Waals surface area contributed by atoms with Crippen molar-refractivity contribution in [2.24, 2.45) is 5.92 Å². The molecule has 0 saturated carbocycles. The summed E-state index contributed by atoms with van der Waals surface area (Å²) in [5.41, 5.74) is 1.66. The van der Waals surface area contributed by atoms with Crippen molar-refractivity contribution < 1.29 is 9.18 Å². The number of piperidine rings is 1. The van der Waals surface area contributed by atoms with E-state index in [2.05, 4.69) is 39.5 Å². The Morgan fingerprint density at radius 2 is 1.96 bits per heavy atom. The van der Waals surface area contributed by atoms with Gasteiger partial charge in [0.15, 0.2) is 0 Å². The minimum Gasteiger partial charge on any atom is -0.352 e. The Hall–Kier alpha value is -2.27. The van der Waals surface area contributed by atoms with Crippen LogP contribution in [0.5, 0.6) is 0 Å². The normalized spacial score (nSPS) is 16.0. The highest BCUT2D eigenvalue weighted by Gasteiger charge is 2.20. The second-order valence-electron chi connectivity index (χ2n) is 6.28. The molecule has 4 nitrogen and oxygen atoms in total. The lowest BCUT2D eigenvalue weighted by Crippen LogP contribution is -2.38. The predicted molar refractivity (Wildman–Crippen MR) is 91.0 cm³/mol. The summed E-state index contributed by atoms with van der Waals surface area (Å²) in [5.74, 6) is -0.382. The average Bonchev–Trinajstić information content (AvgIpc) is 2.62. The van der Waals surface area contributed by atoms with E-state index < -0.39 is 5.95 Å². The molecule has 5 heteroatoms. The number of carbonyl (C=O) groups excluding carboxylic acids is 1. The van der Waals surface area contributed by atoms with Crippen LogP contribution < -0.4 is 5.32 Å². The van der Waals surface area contributed by atoms with Gasteiger partial charge in [0.05, 0.1) is 0 Å². The van der Waals surface area contributed by atoms with Crippen LogP contribution in [0.2, 0.25) is 0 Å². The van der Waals surface area contributed by atoms with Crippen LogP contribution in [0, 0.1) is 11.9 Å². The molecule has 0 atom stereocenters. The summed E-state index contributed by atoms with van der Waals surface area (Å²) in [6.07, 6.45) is 3.45. The van der Waals surface area contributed by atoms with Gasteiger partial charge in [-0.25, -0.2) is 4.98 Å². The van der Waals surface area contributed by atoms with Crippen LogP contribution in [0.3, 0.4) is 0 Å². The van der Waals surface area contributed by atoms with Crippen molar-refractivity contribution in [3.63, 3.8) is 0 Å². The zero-order chi connectivity index (χ0) is 16.8. The Balaban J connectivity index is 1.42. The van der Waals surface area contributed by atoms with Crippen LogP contribution in [0.1, 0.15) is 28.8 Å². The van der Waals surface area contributed by atoms with Crippen molar-refractivity contribution in [2.75, 3.05) is 19.6 Å². The number of benzene rings is 1. The zero-order valence-electron chi connectivity index (χ0n) is 13.6. The summed E-state index contributed by atoms with van der Waals surface area (Å²) in [4.78, 5) is 17.9. The molecule has 0 bridgehead atoms. The number of halogens is 1. The minimum absolute atomic E-state index is 0.233. The molecule has 1 aromatic heterocycles.